The first kappa shape index (κ1) is 14.6. The lowest BCUT2D eigenvalue weighted by Crippen LogP contribution is -2.33. The van der Waals surface area contributed by atoms with Crippen molar-refractivity contribution in [2.75, 3.05) is 25.0 Å². The number of anilines is 1. The van der Waals surface area contributed by atoms with Crippen LogP contribution in [0, 0.1) is 19.7 Å². The summed E-state index contributed by atoms with van der Waals surface area (Å²) in [5.74, 6) is -0.330. The van der Waals surface area contributed by atoms with Gasteiger partial charge in [0.1, 0.15) is 5.82 Å². The molecule has 1 N–H and O–H groups in total. The Kier molecular flexibility index (Phi) is 5.28. The molecule has 0 heterocycles. The van der Waals surface area contributed by atoms with Crippen LogP contribution in [0.5, 0.6) is 0 Å². The molecule has 0 aliphatic heterocycles. The van der Waals surface area contributed by atoms with E-state index in [1.165, 1.54) is 12.1 Å². The molecule has 0 atom stereocenters. The molecule has 18 heavy (non-hydrogen) atoms. The van der Waals surface area contributed by atoms with Crippen LogP contribution in [-0.2, 0) is 4.79 Å². The molecule has 0 radical (unpaired) electrons. The highest BCUT2D eigenvalue weighted by atomic mass is 18.2. The van der Waals surface area contributed by atoms with Crippen LogP contribution >= 0.6 is 0 Å². The first-order valence-corrected chi connectivity index (χ1v) is 6.26. The van der Waals surface area contributed by atoms with Gasteiger partial charge in [-0.1, -0.05) is 13.8 Å². The Hall–Kier alpha value is -1.42. The van der Waals surface area contributed by atoms with Crippen molar-refractivity contribution in [3.05, 3.63) is 29.1 Å². The molecule has 4 heteroatoms. The third-order valence-corrected chi connectivity index (χ3v) is 3.02. The molecule has 0 saturated carbocycles. The van der Waals surface area contributed by atoms with Crippen LogP contribution in [0.2, 0.25) is 0 Å². The second-order valence-corrected chi connectivity index (χ2v) is 4.42. The van der Waals surface area contributed by atoms with Crippen LogP contribution in [0.1, 0.15) is 25.0 Å². The van der Waals surface area contributed by atoms with Crippen LogP contribution in [0.15, 0.2) is 12.1 Å². The number of hydrogen-bond acceptors (Lipinski definition) is 2. The zero-order chi connectivity index (χ0) is 13.7. The molecule has 0 aliphatic carbocycles. The fraction of sp³-hybridized carbons (Fsp3) is 0.500. The average Bonchev–Trinajstić information content (AvgIpc) is 2.30. The number of halogens is 1. The van der Waals surface area contributed by atoms with Crippen molar-refractivity contribution in [1.82, 2.24) is 4.90 Å². The topological polar surface area (TPSA) is 32.3 Å². The second-order valence-electron chi connectivity index (χ2n) is 4.42. The number of nitrogens with zero attached hydrogens (tertiary/aromatic N) is 1. The maximum atomic E-state index is 13.1. The molecule has 1 aromatic carbocycles. The standard InChI is InChI=1S/C14H21FN2O/c1-5-17(6-2)9-13(18)16-14-10(3)7-12(15)8-11(14)4/h7-8H,5-6,9H2,1-4H3,(H,16,18)/i15-1. The fourth-order valence-corrected chi connectivity index (χ4v) is 1.94. The molecule has 0 aromatic heterocycles. The first-order chi connectivity index (χ1) is 8.47. The van der Waals surface area contributed by atoms with Crippen molar-refractivity contribution in [1.29, 1.82) is 0 Å². The Morgan fingerprint density at radius 1 is 1.22 bits per heavy atom. The zero-order valence-electron chi connectivity index (χ0n) is 11.5. The second kappa shape index (κ2) is 6.50. The average molecular weight is 251 g/mol. The van der Waals surface area contributed by atoms with E-state index in [0.717, 1.165) is 24.2 Å². The van der Waals surface area contributed by atoms with Crippen LogP contribution in [0.25, 0.3) is 0 Å². The van der Waals surface area contributed by atoms with Crippen LogP contribution in [0.4, 0.5) is 10.1 Å². The van der Waals surface area contributed by atoms with E-state index >= 15 is 0 Å². The van der Waals surface area contributed by atoms with Gasteiger partial charge in [-0.15, -0.1) is 0 Å². The van der Waals surface area contributed by atoms with E-state index in [9.17, 15) is 9.18 Å². The van der Waals surface area contributed by atoms with Crippen molar-refractivity contribution in [3.8, 4) is 0 Å². The Morgan fingerprint density at radius 3 is 2.17 bits per heavy atom. The van der Waals surface area contributed by atoms with Gasteiger partial charge in [-0.25, -0.2) is 4.39 Å². The van der Waals surface area contributed by atoms with E-state index in [0.29, 0.717) is 12.2 Å². The quantitative estimate of drug-likeness (QED) is 0.872. The molecule has 0 fully saturated rings. The summed E-state index contributed by atoms with van der Waals surface area (Å²) in [6.45, 7) is 9.67. The smallest absolute Gasteiger partial charge is 0.238 e. The highest BCUT2D eigenvalue weighted by Crippen LogP contribution is 2.21. The van der Waals surface area contributed by atoms with E-state index in [-0.39, 0.29) is 11.7 Å². The summed E-state index contributed by atoms with van der Waals surface area (Å²) in [4.78, 5) is 13.9. The molecular weight excluding hydrogens is 230 g/mol. The molecular formula is C14H21FN2O. The summed E-state index contributed by atoms with van der Waals surface area (Å²) >= 11 is 0. The lowest BCUT2D eigenvalue weighted by molar-refractivity contribution is -0.117. The van der Waals surface area contributed by atoms with Gasteiger partial charge in [0.2, 0.25) is 5.91 Å². The monoisotopic (exact) mass is 251 g/mol. The summed E-state index contributed by atoms with van der Waals surface area (Å²) in [5.41, 5.74) is 2.22. The Bertz CT molecular complexity index is 405. The number of amides is 1. The summed E-state index contributed by atoms with van der Waals surface area (Å²) in [6.07, 6.45) is 0. The Labute approximate surface area is 108 Å². The predicted octanol–water partition coefficient (Wildman–Crippen LogP) is 2.72. The summed E-state index contributed by atoms with van der Waals surface area (Å²) in [5, 5.41) is 2.86. The highest BCUT2D eigenvalue weighted by molar-refractivity contribution is 5.93. The van der Waals surface area contributed by atoms with Gasteiger partial charge in [0.15, 0.2) is 0 Å². The number of aryl methyl sites for hydroxylation is 2. The van der Waals surface area contributed by atoms with Crippen LogP contribution in [0.3, 0.4) is 0 Å². The first-order valence-electron chi connectivity index (χ1n) is 6.26. The minimum absolute atomic E-state index is 0.0588. The van der Waals surface area contributed by atoms with Gasteiger partial charge in [-0.3, -0.25) is 9.69 Å². The van der Waals surface area contributed by atoms with Gasteiger partial charge in [0, 0.05) is 5.69 Å². The molecule has 0 saturated heterocycles. The Balaban J connectivity index is 2.76. The Morgan fingerprint density at radius 2 is 1.72 bits per heavy atom. The third kappa shape index (κ3) is 3.81. The number of carbonyl (C=O) groups excluding carboxylic acids is 1. The van der Waals surface area contributed by atoms with Crippen molar-refractivity contribution in [3.63, 3.8) is 0 Å². The maximum absolute atomic E-state index is 13.1. The lowest BCUT2D eigenvalue weighted by atomic mass is 10.1. The van der Waals surface area contributed by atoms with E-state index in [1.807, 2.05) is 18.7 Å². The summed E-state index contributed by atoms with van der Waals surface area (Å²) in [6, 6.07) is 2.86. The van der Waals surface area contributed by atoms with Crippen molar-refractivity contribution >= 4 is 11.6 Å². The number of carbonyl (C=O) groups is 1. The van der Waals surface area contributed by atoms with E-state index < -0.39 is 0 Å². The summed E-state index contributed by atoms with van der Waals surface area (Å²) < 4.78 is 13.1. The third-order valence-electron chi connectivity index (χ3n) is 3.02. The highest BCUT2D eigenvalue weighted by Gasteiger charge is 2.11. The predicted molar refractivity (Wildman–Crippen MR) is 72.3 cm³/mol. The molecule has 0 spiro atoms. The number of benzene rings is 1. The molecule has 1 aromatic rings. The zero-order valence-corrected chi connectivity index (χ0v) is 11.5. The van der Waals surface area contributed by atoms with Crippen molar-refractivity contribution < 1.29 is 9.18 Å². The molecule has 0 aliphatic rings. The van der Waals surface area contributed by atoms with Crippen LogP contribution < -0.4 is 5.32 Å². The van der Waals surface area contributed by atoms with Crippen molar-refractivity contribution in [2.45, 2.75) is 27.7 Å². The number of hydrogen-bond donors (Lipinski definition) is 1. The molecule has 1 rings (SSSR count). The van der Waals surface area contributed by atoms with E-state index in [4.69, 9.17) is 0 Å². The van der Waals surface area contributed by atoms with Gasteiger partial charge >= 0.3 is 0 Å². The van der Waals surface area contributed by atoms with E-state index in [2.05, 4.69) is 5.32 Å². The van der Waals surface area contributed by atoms with E-state index in [1.54, 1.807) is 13.8 Å². The maximum Gasteiger partial charge on any atom is 0.238 e. The summed E-state index contributed by atoms with van der Waals surface area (Å²) in [7, 11) is 0. The molecule has 100 valence electrons. The van der Waals surface area contributed by atoms with Gasteiger partial charge in [0.05, 0.1) is 6.54 Å². The van der Waals surface area contributed by atoms with Gasteiger partial charge < -0.3 is 5.32 Å². The number of likely N-dealkylation sites (N-methyl/N-ethyl adjacent to an activating group) is 1. The minimum atomic E-state index is -0.272. The molecule has 3 nitrogen and oxygen atoms in total. The fourth-order valence-electron chi connectivity index (χ4n) is 1.94. The van der Waals surface area contributed by atoms with Gasteiger partial charge in [-0.2, -0.15) is 0 Å². The molecule has 0 bridgehead atoms. The van der Waals surface area contributed by atoms with Gasteiger partial charge in [0.25, 0.3) is 0 Å². The minimum Gasteiger partial charge on any atom is -0.324 e. The largest absolute Gasteiger partial charge is 0.324 e. The molecule has 1 amide bonds. The SMILES string of the molecule is CCN(CC)CC(=O)Nc1c(C)cc([18F])cc1C. The molecule has 0 unspecified atom stereocenters. The number of rotatable bonds is 5. The van der Waals surface area contributed by atoms with Gasteiger partial charge in [-0.05, 0) is 50.2 Å². The normalized spacial score (nSPS) is 10.8. The van der Waals surface area contributed by atoms with Crippen LogP contribution in [-0.4, -0.2) is 30.4 Å². The van der Waals surface area contributed by atoms with Crippen molar-refractivity contribution in [2.24, 2.45) is 0 Å². The number of nitrogens with one attached hydrogen (secondary N) is 1. The lowest BCUT2D eigenvalue weighted by Gasteiger charge is -2.18.